The molecule has 2 aromatic rings. The second-order valence-electron chi connectivity index (χ2n) is 4.48. The molecule has 1 aliphatic carbocycles. The van der Waals surface area contributed by atoms with Crippen LogP contribution in [0, 0.1) is 11.3 Å². The Morgan fingerprint density at radius 2 is 2.11 bits per heavy atom. The molecule has 18 heavy (non-hydrogen) atoms. The Bertz CT molecular complexity index is 596. The second kappa shape index (κ2) is 4.50. The maximum Gasteiger partial charge on any atom is 0.140 e. The Morgan fingerprint density at radius 3 is 2.89 bits per heavy atom. The lowest BCUT2D eigenvalue weighted by Gasteiger charge is -2.15. The van der Waals surface area contributed by atoms with Crippen molar-refractivity contribution in [3.05, 3.63) is 59.4 Å². The van der Waals surface area contributed by atoms with Crippen molar-refractivity contribution in [1.29, 1.82) is 5.26 Å². The van der Waals surface area contributed by atoms with Gasteiger partial charge in [0.25, 0.3) is 0 Å². The quantitative estimate of drug-likeness (QED) is 0.870. The highest BCUT2D eigenvalue weighted by atomic mass is 14.9. The molecule has 0 saturated carbocycles. The zero-order valence-electron chi connectivity index (χ0n) is 9.93. The standard InChI is InChI=1S/C15H13N3/c16-9-12-6-7-13(10-17-12)18-15-8-5-11-3-1-2-4-14(11)15/h1-4,6-7,10,15,18H,5,8H2/t15-/m0/s1. The first-order valence-corrected chi connectivity index (χ1v) is 6.07. The van der Waals surface area contributed by atoms with Crippen molar-refractivity contribution >= 4 is 5.69 Å². The van der Waals surface area contributed by atoms with Crippen molar-refractivity contribution < 1.29 is 0 Å². The van der Waals surface area contributed by atoms with Crippen molar-refractivity contribution in [3.8, 4) is 6.07 Å². The van der Waals surface area contributed by atoms with Gasteiger partial charge in [-0.25, -0.2) is 4.98 Å². The lowest BCUT2D eigenvalue weighted by atomic mass is 10.1. The van der Waals surface area contributed by atoms with Gasteiger partial charge in [0.1, 0.15) is 11.8 Å². The molecule has 1 N–H and O–H groups in total. The average molecular weight is 235 g/mol. The third-order valence-corrected chi connectivity index (χ3v) is 3.35. The molecule has 1 aliphatic rings. The summed E-state index contributed by atoms with van der Waals surface area (Å²) in [5.74, 6) is 0. The first-order valence-electron chi connectivity index (χ1n) is 6.07. The zero-order chi connectivity index (χ0) is 12.4. The molecular formula is C15H13N3. The Labute approximate surface area is 106 Å². The number of aryl methyl sites for hydroxylation is 1. The number of hydrogen-bond donors (Lipinski definition) is 1. The summed E-state index contributed by atoms with van der Waals surface area (Å²) in [5.41, 5.74) is 4.22. The molecule has 0 unspecified atom stereocenters. The van der Waals surface area contributed by atoms with Crippen LogP contribution in [-0.4, -0.2) is 4.98 Å². The van der Waals surface area contributed by atoms with Crippen LogP contribution in [0.1, 0.15) is 29.3 Å². The SMILES string of the molecule is N#Cc1ccc(N[C@H]2CCc3ccccc32)cn1. The molecule has 1 aromatic heterocycles. The van der Waals surface area contributed by atoms with E-state index in [1.165, 1.54) is 11.1 Å². The number of aromatic nitrogens is 1. The first kappa shape index (κ1) is 10.8. The van der Waals surface area contributed by atoms with Crippen LogP contribution in [0.25, 0.3) is 0 Å². The van der Waals surface area contributed by atoms with Crippen LogP contribution in [0.15, 0.2) is 42.6 Å². The van der Waals surface area contributed by atoms with E-state index in [1.54, 1.807) is 12.3 Å². The number of fused-ring (bicyclic) bond motifs is 1. The van der Waals surface area contributed by atoms with Gasteiger partial charge in [0, 0.05) is 0 Å². The zero-order valence-corrected chi connectivity index (χ0v) is 9.93. The summed E-state index contributed by atoms with van der Waals surface area (Å²) in [6.45, 7) is 0. The molecule has 1 heterocycles. The summed E-state index contributed by atoms with van der Waals surface area (Å²) in [4.78, 5) is 4.07. The van der Waals surface area contributed by atoms with E-state index in [2.05, 4.69) is 34.6 Å². The van der Waals surface area contributed by atoms with Gasteiger partial charge in [-0.15, -0.1) is 0 Å². The van der Waals surface area contributed by atoms with E-state index >= 15 is 0 Å². The molecule has 0 amide bonds. The van der Waals surface area contributed by atoms with Crippen LogP contribution >= 0.6 is 0 Å². The Morgan fingerprint density at radius 1 is 1.22 bits per heavy atom. The normalized spacial score (nSPS) is 16.9. The van der Waals surface area contributed by atoms with Crippen molar-refractivity contribution in [2.45, 2.75) is 18.9 Å². The van der Waals surface area contributed by atoms with Crippen LogP contribution in [0.4, 0.5) is 5.69 Å². The number of pyridine rings is 1. The fourth-order valence-corrected chi connectivity index (χ4v) is 2.45. The molecule has 1 atom stereocenters. The second-order valence-corrected chi connectivity index (χ2v) is 4.48. The van der Waals surface area contributed by atoms with Gasteiger partial charge in [-0.1, -0.05) is 24.3 Å². The van der Waals surface area contributed by atoms with Crippen molar-refractivity contribution in [2.75, 3.05) is 5.32 Å². The summed E-state index contributed by atoms with van der Waals surface area (Å²) >= 11 is 0. The van der Waals surface area contributed by atoms with Crippen LogP contribution in [0.3, 0.4) is 0 Å². The summed E-state index contributed by atoms with van der Waals surface area (Å²) in [5, 5.41) is 12.2. The van der Waals surface area contributed by atoms with Gasteiger partial charge in [-0.3, -0.25) is 0 Å². The van der Waals surface area contributed by atoms with Gasteiger partial charge in [-0.2, -0.15) is 5.26 Å². The molecule has 1 aromatic carbocycles. The Kier molecular flexibility index (Phi) is 2.70. The van der Waals surface area contributed by atoms with Crippen molar-refractivity contribution in [3.63, 3.8) is 0 Å². The van der Waals surface area contributed by atoms with E-state index in [0.29, 0.717) is 11.7 Å². The minimum atomic E-state index is 0.357. The molecule has 0 spiro atoms. The van der Waals surface area contributed by atoms with E-state index in [4.69, 9.17) is 5.26 Å². The van der Waals surface area contributed by atoms with Crippen molar-refractivity contribution in [1.82, 2.24) is 4.98 Å². The van der Waals surface area contributed by atoms with E-state index in [0.717, 1.165) is 18.5 Å². The van der Waals surface area contributed by atoms with Gasteiger partial charge in [0.2, 0.25) is 0 Å². The number of nitrogens with one attached hydrogen (secondary N) is 1. The number of benzene rings is 1. The molecule has 3 nitrogen and oxygen atoms in total. The van der Waals surface area contributed by atoms with Gasteiger partial charge < -0.3 is 5.32 Å². The summed E-state index contributed by atoms with van der Waals surface area (Å²) in [6.07, 6.45) is 3.95. The number of hydrogen-bond acceptors (Lipinski definition) is 3. The highest BCUT2D eigenvalue weighted by Crippen LogP contribution is 2.33. The van der Waals surface area contributed by atoms with Crippen LogP contribution < -0.4 is 5.32 Å². The summed E-state index contributed by atoms with van der Waals surface area (Å²) in [6, 6.07) is 14.6. The highest BCUT2D eigenvalue weighted by Gasteiger charge is 2.21. The van der Waals surface area contributed by atoms with E-state index in [-0.39, 0.29) is 0 Å². The monoisotopic (exact) mass is 235 g/mol. The average Bonchev–Trinajstić information content (AvgIpc) is 2.83. The molecule has 0 radical (unpaired) electrons. The minimum Gasteiger partial charge on any atom is -0.377 e. The van der Waals surface area contributed by atoms with Gasteiger partial charge >= 0.3 is 0 Å². The number of nitriles is 1. The van der Waals surface area contributed by atoms with Crippen LogP contribution in [0.5, 0.6) is 0 Å². The Hall–Kier alpha value is -2.34. The third-order valence-electron chi connectivity index (χ3n) is 3.35. The van der Waals surface area contributed by atoms with Crippen LogP contribution in [-0.2, 0) is 6.42 Å². The third kappa shape index (κ3) is 1.93. The van der Waals surface area contributed by atoms with E-state index < -0.39 is 0 Å². The maximum absolute atomic E-state index is 8.71. The van der Waals surface area contributed by atoms with Gasteiger partial charge in [0.15, 0.2) is 0 Å². The fraction of sp³-hybridized carbons (Fsp3) is 0.200. The fourth-order valence-electron chi connectivity index (χ4n) is 2.45. The van der Waals surface area contributed by atoms with Crippen LogP contribution in [0.2, 0.25) is 0 Å². The minimum absolute atomic E-state index is 0.357. The first-order chi connectivity index (χ1) is 8.86. The molecule has 0 saturated heterocycles. The summed E-state index contributed by atoms with van der Waals surface area (Å²) < 4.78 is 0. The molecule has 0 bridgehead atoms. The molecule has 88 valence electrons. The number of anilines is 1. The molecule has 0 aliphatic heterocycles. The van der Waals surface area contributed by atoms with E-state index in [9.17, 15) is 0 Å². The lowest BCUT2D eigenvalue weighted by molar-refractivity contribution is 0.761. The number of rotatable bonds is 2. The maximum atomic E-state index is 8.71. The molecule has 0 fully saturated rings. The number of nitrogens with zero attached hydrogens (tertiary/aromatic N) is 2. The largest absolute Gasteiger partial charge is 0.377 e. The molecular weight excluding hydrogens is 222 g/mol. The topological polar surface area (TPSA) is 48.7 Å². The van der Waals surface area contributed by atoms with Gasteiger partial charge in [0.05, 0.1) is 17.9 Å². The predicted octanol–water partition coefficient (Wildman–Crippen LogP) is 3.05. The Balaban J connectivity index is 1.80. The van der Waals surface area contributed by atoms with E-state index in [1.807, 2.05) is 12.1 Å². The van der Waals surface area contributed by atoms with Gasteiger partial charge in [-0.05, 0) is 36.1 Å². The smallest absolute Gasteiger partial charge is 0.140 e. The van der Waals surface area contributed by atoms with Crippen molar-refractivity contribution in [2.24, 2.45) is 0 Å². The summed E-state index contributed by atoms with van der Waals surface area (Å²) in [7, 11) is 0. The molecule has 3 rings (SSSR count). The molecule has 3 heteroatoms. The lowest BCUT2D eigenvalue weighted by Crippen LogP contribution is -2.07. The predicted molar refractivity (Wildman–Crippen MR) is 70.1 cm³/mol. The highest BCUT2D eigenvalue weighted by molar-refractivity contribution is 5.47.